The molecule has 0 atom stereocenters. The number of phenolic OH excluding ortho intramolecular Hbond substituents is 1. The summed E-state index contributed by atoms with van der Waals surface area (Å²) in [7, 11) is 0. The van der Waals surface area contributed by atoms with Crippen LogP contribution in [0.4, 0.5) is 11.4 Å². The lowest BCUT2D eigenvalue weighted by molar-refractivity contribution is -0.384. The third-order valence-corrected chi connectivity index (χ3v) is 2.87. The molecule has 0 fully saturated rings. The molecule has 1 amide bonds. The highest BCUT2D eigenvalue weighted by molar-refractivity contribution is 6.07. The number of phenols is 1. The molecule has 0 saturated heterocycles. The van der Waals surface area contributed by atoms with Gasteiger partial charge in [-0.3, -0.25) is 14.9 Å². The molecule has 0 spiro atoms. The Bertz CT molecular complexity index is 715. The number of aromatic hydroxyl groups is 1. The zero-order chi connectivity index (χ0) is 16.1. The lowest BCUT2D eigenvalue weighted by Crippen LogP contribution is -2.13. The zero-order valence-corrected chi connectivity index (χ0v) is 11.8. The van der Waals surface area contributed by atoms with E-state index in [1.807, 2.05) is 6.92 Å². The molecule has 7 nitrogen and oxygen atoms in total. The van der Waals surface area contributed by atoms with Crippen molar-refractivity contribution in [3.8, 4) is 11.5 Å². The van der Waals surface area contributed by atoms with Gasteiger partial charge in [-0.25, -0.2) is 0 Å². The van der Waals surface area contributed by atoms with E-state index in [0.29, 0.717) is 18.0 Å². The average Bonchev–Trinajstić information content (AvgIpc) is 2.49. The first-order valence-corrected chi connectivity index (χ1v) is 6.53. The average molecular weight is 302 g/mol. The molecule has 0 radical (unpaired) electrons. The van der Waals surface area contributed by atoms with Crippen LogP contribution in [-0.4, -0.2) is 22.5 Å². The van der Waals surface area contributed by atoms with Crippen LogP contribution in [0.2, 0.25) is 0 Å². The van der Waals surface area contributed by atoms with Gasteiger partial charge >= 0.3 is 0 Å². The van der Waals surface area contributed by atoms with Crippen LogP contribution in [0.25, 0.3) is 0 Å². The summed E-state index contributed by atoms with van der Waals surface area (Å²) in [6.07, 6.45) is 0. The molecule has 0 aromatic heterocycles. The molecule has 0 unspecified atom stereocenters. The van der Waals surface area contributed by atoms with E-state index in [0.717, 1.165) is 18.2 Å². The molecule has 22 heavy (non-hydrogen) atoms. The fraction of sp³-hybridized carbons (Fsp3) is 0.133. The summed E-state index contributed by atoms with van der Waals surface area (Å²) in [5.41, 5.74) is -0.0400. The standard InChI is InChI=1S/C15H14N2O5/c1-2-22-14-6-4-3-5-12(14)16-15(19)11-9-10(17(20)21)7-8-13(11)18/h3-9,18H,2H2,1H3,(H,16,19). The Labute approximate surface area is 126 Å². The van der Waals surface area contributed by atoms with Gasteiger partial charge in [-0.05, 0) is 25.1 Å². The zero-order valence-electron chi connectivity index (χ0n) is 11.8. The second-order valence-electron chi connectivity index (χ2n) is 4.34. The highest BCUT2D eigenvalue weighted by Gasteiger charge is 2.17. The van der Waals surface area contributed by atoms with Crippen LogP contribution in [0.3, 0.4) is 0 Å². The van der Waals surface area contributed by atoms with Crippen molar-refractivity contribution in [3.63, 3.8) is 0 Å². The maximum absolute atomic E-state index is 12.2. The van der Waals surface area contributed by atoms with E-state index in [9.17, 15) is 20.0 Å². The van der Waals surface area contributed by atoms with Crippen molar-refractivity contribution in [3.05, 3.63) is 58.1 Å². The molecule has 0 aliphatic rings. The van der Waals surface area contributed by atoms with E-state index in [2.05, 4.69) is 5.32 Å². The third-order valence-electron chi connectivity index (χ3n) is 2.87. The van der Waals surface area contributed by atoms with Gasteiger partial charge in [0.2, 0.25) is 0 Å². The second-order valence-corrected chi connectivity index (χ2v) is 4.34. The Morgan fingerprint density at radius 1 is 1.32 bits per heavy atom. The predicted molar refractivity (Wildman–Crippen MR) is 80.3 cm³/mol. The molecule has 0 heterocycles. The predicted octanol–water partition coefficient (Wildman–Crippen LogP) is 2.95. The number of nitro groups is 1. The number of para-hydroxylation sites is 2. The van der Waals surface area contributed by atoms with Crippen LogP contribution in [0.15, 0.2) is 42.5 Å². The van der Waals surface area contributed by atoms with Crippen molar-refractivity contribution in [2.45, 2.75) is 6.92 Å². The summed E-state index contributed by atoms with van der Waals surface area (Å²) in [5, 5.41) is 23.1. The fourth-order valence-corrected chi connectivity index (χ4v) is 1.86. The minimum Gasteiger partial charge on any atom is -0.507 e. The maximum Gasteiger partial charge on any atom is 0.270 e. The number of hydrogen-bond acceptors (Lipinski definition) is 5. The number of amides is 1. The van der Waals surface area contributed by atoms with Gasteiger partial charge in [0.15, 0.2) is 0 Å². The minimum atomic E-state index is -0.659. The normalized spacial score (nSPS) is 10.0. The van der Waals surface area contributed by atoms with Crippen molar-refractivity contribution in [2.24, 2.45) is 0 Å². The first kappa shape index (κ1) is 15.3. The summed E-state index contributed by atoms with van der Waals surface area (Å²) in [6, 6.07) is 10.1. The Kier molecular flexibility index (Phi) is 4.57. The number of ether oxygens (including phenoxy) is 1. The molecule has 0 bridgehead atoms. The van der Waals surface area contributed by atoms with Gasteiger partial charge in [0.05, 0.1) is 22.8 Å². The first-order chi connectivity index (χ1) is 10.5. The maximum atomic E-state index is 12.2. The van der Waals surface area contributed by atoms with E-state index < -0.39 is 10.8 Å². The van der Waals surface area contributed by atoms with Crippen LogP contribution >= 0.6 is 0 Å². The number of nitrogens with zero attached hydrogens (tertiary/aromatic N) is 1. The summed E-state index contributed by atoms with van der Waals surface area (Å²) >= 11 is 0. The quantitative estimate of drug-likeness (QED) is 0.653. The Morgan fingerprint density at radius 3 is 2.73 bits per heavy atom. The fourth-order valence-electron chi connectivity index (χ4n) is 1.86. The van der Waals surface area contributed by atoms with Crippen molar-refractivity contribution >= 4 is 17.3 Å². The molecule has 0 aliphatic carbocycles. The van der Waals surface area contributed by atoms with E-state index in [1.54, 1.807) is 24.3 Å². The lowest BCUT2D eigenvalue weighted by Gasteiger charge is -2.11. The van der Waals surface area contributed by atoms with E-state index in [4.69, 9.17) is 4.74 Å². The number of hydrogen-bond donors (Lipinski definition) is 2. The third kappa shape index (κ3) is 3.32. The minimum absolute atomic E-state index is 0.180. The van der Waals surface area contributed by atoms with Gasteiger partial charge < -0.3 is 15.2 Å². The molecular weight excluding hydrogens is 288 g/mol. The largest absolute Gasteiger partial charge is 0.507 e. The number of rotatable bonds is 5. The molecule has 2 rings (SSSR count). The van der Waals surface area contributed by atoms with Crippen LogP contribution < -0.4 is 10.1 Å². The first-order valence-electron chi connectivity index (χ1n) is 6.53. The Balaban J connectivity index is 2.30. The summed E-state index contributed by atoms with van der Waals surface area (Å²) in [5.74, 6) is -0.520. The number of non-ortho nitro benzene ring substituents is 1. The van der Waals surface area contributed by atoms with Crippen LogP contribution in [-0.2, 0) is 0 Å². The van der Waals surface area contributed by atoms with E-state index in [1.165, 1.54) is 0 Å². The number of benzene rings is 2. The van der Waals surface area contributed by atoms with Gasteiger partial charge in [-0.1, -0.05) is 12.1 Å². The Hall–Kier alpha value is -3.09. The topological polar surface area (TPSA) is 102 Å². The van der Waals surface area contributed by atoms with E-state index in [-0.39, 0.29) is 17.0 Å². The summed E-state index contributed by atoms with van der Waals surface area (Å²) in [6.45, 7) is 2.24. The SMILES string of the molecule is CCOc1ccccc1NC(=O)c1cc([N+](=O)[O-])ccc1O. The molecule has 2 aromatic carbocycles. The van der Waals surface area contributed by atoms with Gasteiger partial charge in [-0.2, -0.15) is 0 Å². The van der Waals surface area contributed by atoms with Crippen molar-refractivity contribution in [2.75, 3.05) is 11.9 Å². The molecule has 0 aliphatic heterocycles. The van der Waals surface area contributed by atoms with Gasteiger partial charge in [0.1, 0.15) is 11.5 Å². The molecule has 2 aromatic rings. The smallest absolute Gasteiger partial charge is 0.270 e. The van der Waals surface area contributed by atoms with Gasteiger partial charge in [-0.15, -0.1) is 0 Å². The number of carbonyl (C=O) groups excluding carboxylic acids is 1. The number of nitrogens with one attached hydrogen (secondary N) is 1. The molecule has 114 valence electrons. The highest BCUT2D eigenvalue weighted by Crippen LogP contribution is 2.27. The van der Waals surface area contributed by atoms with Gasteiger partial charge in [0, 0.05) is 12.1 Å². The molecule has 2 N–H and O–H groups in total. The van der Waals surface area contributed by atoms with Gasteiger partial charge in [0.25, 0.3) is 11.6 Å². The number of carbonyl (C=O) groups is 1. The number of anilines is 1. The van der Waals surface area contributed by atoms with Crippen molar-refractivity contribution in [1.82, 2.24) is 0 Å². The highest BCUT2D eigenvalue weighted by atomic mass is 16.6. The van der Waals surface area contributed by atoms with Crippen molar-refractivity contribution < 1.29 is 19.6 Å². The molecule has 0 saturated carbocycles. The monoisotopic (exact) mass is 302 g/mol. The Morgan fingerprint density at radius 2 is 2.05 bits per heavy atom. The summed E-state index contributed by atoms with van der Waals surface area (Å²) < 4.78 is 5.38. The van der Waals surface area contributed by atoms with Crippen LogP contribution in [0.5, 0.6) is 11.5 Å². The van der Waals surface area contributed by atoms with Crippen LogP contribution in [0, 0.1) is 10.1 Å². The molecule has 7 heteroatoms. The second kappa shape index (κ2) is 6.57. The number of nitro benzene ring substituents is 1. The lowest BCUT2D eigenvalue weighted by atomic mass is 10.1. The van der Waals surface area contributed by atoms with Crippen LogP contribution in [0.1, 0.15) is 17.3 Å². The summed E-state index contributed by atoms with van der Waals surface area (Å²) in [4.78, 5) is 22.3. The molecular formula is C15H14N2O5. The van der Waals surface area contributed by atoms with Crippen molar-refractivity contribution in [1.29, 1.82) is 0 Å². The van der Waals surface area contributed by atoms with E-state index >= 15 is 0 Å².